The van der Waals surface area contributed by atoms with Crippen LogP contribution in [0.15, 0.2) is 18.2 Å². The first-order chi connectivity index (χ1) is 8.73. The first-order valence-electron chi connectivity index (χ1n) is 6.39. The van der Waals surface area contributed by atoms with E-state index in [1.807, 2.05) is 39.8 Å². The fraction of sp³-hybridized carbons (Fsp3) is 0.533. The largest absolute Gasteiger partial charge is 0.444 e. The lowest BCUT2D eigenvalue weighted by Crippen LogP contribution is -2.27. The number of ether oxygens (including phenoxy) is 1. The molecule has 1 rings (SSSR count). The third-order valence-electron chi connectivity index (χ3n) is 2.70. The molecule has 4 heteroatoms. The van der Waals surface area contributed by atoms with Gasteiger partial charge in [-0.05, 0) is 50.8 Å². The number of rotatable bonds is 3. The van der Waals surface area contributed by atoms with Crippen molar-refractivity contribution in [1.82, 2.24) is 0 Å². The molecule has 0 bridgehead atoms. The van der Waals surface area contributed by atoms with Crippen LogP contribution >= 0.6 is 15.9 Å². The van der Waals surface area contributed by atoms with Gasteiger partial charge in [0.15, 0.2) is 0 Å². The average Bonchev–Trinajstić information content (AvgIpc) is 2.28. The van der Waals surface area contributed by atoms with E-state index in [1.165, 1.54) is 5.56 Å². The van der Waals surface area contributed by atoms with Crippen LogP contribution in [0, 0.1) is 6.92 Å². The van der Waals surface area contributed by atoms with E-state index in [2.05, 4.69) is 34.2 Å². The topological polar surface area (TPSA) is 38.3 Å². The van der Waals surface area contributed by atoms with Gasteiger partial charge in [0.2, 0.25) is 0 Å². The fourth-order valence-corrected chi connectivity index (χ4v) is 1.96. The van der Waals surface area contributed by atoms with E-state index in [-0.39, 0.29) is 0 Å². The molecule has 0 radical (unpaired) electrons. The van der Waals surface area contributed by atoms with Crippen molar-refractivity contribution < 1.29 is 9.53 Å². The highest BCUT2D eigenvalue weighted by molar-refractivity contribution is 9.09. The summed E-state index contributed by atoms with van der Waals surface area (Å²) in [4.78, 5) is 11.8. The third kappa shape index (κ3) is 5.23. The zero-order valence-corrected chi connectivity index (χ0v) is 13.8. The molecule has 1 aromatic carbocycles. The first kappa shape index (κ1) is 16.0. The van der Waals surface area contributed by atoms with E-state index < -0.39 is 11.7 Å². The number of amides is 1. The van der Waals surface area contributed by atoms with Crippen molar-refractivity contribution in [3.63, 3.8) is 0 Å². The average molecular weight is 328 g/mol. The number of aryl methyl sites for hydroxylation is 1. The second-order valence-electron chi connectivity index (χ2n) is 5.76. The van der Waals surface area contributed by atoms with Crippen LogP contribution in [0.5, 0.6) is 0 Å². The maximum Gasteiger partial charge on any atom is 0.412 e. The Labute approximate surface area is 123 Å². The Balaban J connectivity index is 2.85. The molecule has 1 aromatic rings. The molecule has 0 aromatic heterocycles. The quantitative estimate of drug-likeness (QED) is 0.806. The van der Waals surface area contributed by atoms with E-state index in [0.717, 1.165) is 16.6 Å². The van der Waals surface area contributed by atoms with Crippen molar-refractivity contribution in [3.8, 4) is 0 Å². The molecule has 19 heavy (non-hydrogen) atoms. The van der Waals surface area contributed by atoms with Gasteiger partial charge in [-0.3, -0.25) is 5.32 Å². The third-order valence-corrected chi connectivity index (χ3v) is 3.67. The van der Waals surface area contributed by atoms with Gasteiger partial charge in [-0.2, -0.15) is 0 Å². The highest BCUT2D eigenvalue weighted by Crippen LogP contribution is 2.24. The molecule has 106 valence electrons. The van der Waals surface area contributed by atoms with Crippen LogP contribution in [0.25, 0.3) is 0 Å². The summed E-state index contributed by atoms with van der Waals surface area (Å²) in [5, 5.41) is 3.70. The van der Waals surface area contributed by atoms with Gasteiger partial charge in [-0.15, -0.1) is 0 Å². The summed E-state index contributed by atoms with van der Waals surface area (Å²) < 4.78 is 5.26. The Kier molecular flexibility index (Phi) is 5.41. The van der Waals surface area contributed by atoms with Crippen LogP contribution in [0.4, 0.5) is 10.5 Å². The van der Waals surface area contributed by atoms with Gasteiger partial charge in [0.25, 0.3) is 0 Å². The highest BCUT2D eigenvalue weighted by atomic mass is 79.9. The number of hydrogen-bond donors (Lipinski definition) is 1. The molecular formula is C15H22BrNO2. The first-order valence-corrected chi connectivity index (χ1v) is 7.51. The Morgan fingerprint density at radius 3 is 2.58 bits per heavy atom. The van der Waals surface area contributed by atoms with Gasteiger partial charge < -0.3 is 4.74 Å². The molecule has 0 saturated heterocycles. The zero-order valence-electron chi connectivity index (χ0n) is 12.2. The normalized spacial score (nSPS) is 12.9. The molecule has 1 amide bonds. The highest BCUT2D eigenvalue weighted by Gasteiger charge is 2.17. The lowest BCUT2D eigenvalue weighted by molar-refractivity contribution is 0.0636. The number of carbonyl (C=O) groups excluding carboxylic acids is 1. The van der Waals surface area contributed by atoms with E-state index in [4.69, 9.17) is 4.74 Å². The summed E-state index contributed by atoms with van der Waals surface area (Å²) in [6.07, 6.45) is -0.417. The maximum atomic E-state index is 11.8. The predicted molar refractivity (Wildman–Crippen MR) is 83.2 cm³/mol. The number of alkyl halides is 1. The molecule has 0 saturated carbocycles. The van der Waals surface area contributed by atoms with Crippen molar-refractivity contribution in [3.05, 3.63) is 29.3 Å². The van der Waals surface area contributed by atoms with Gasteiger partial charge in [0, 0.05) is 11.0 Å². The second kappa shape index (κ2) is 6.42. The van der Waals surface area contributed by atoms with Gasteiger partial charge in [-0.1, -0.05) is 35.0 Å². The van der Waals surface area contributed by atoms with Crippen molar-refractivity contribution in [2.24, 2.45) is 0 Å². The Morgan fingerprint density at radius 2 is 2.05 bits per heavy atom. The Bertz CT molecular complexity index is 452. The van der Waals surface area contributed by atoms with Gasteiger partial charge in [0.1, 0.15) is 5.60 Å². The molecule has 3 nitrogen and oxygen atoms in total. The van der Waals surface area contributed by atoms with Crippen LogP contribution in [0.3, 0.4) is 0 Å². The molecule has 0 aliphatic carbocycles. The van der Waals surface area contributed by atoms with Gasteiger partial charge in [0.05, 0.1) is 0 Å². The van der Waals surface area contributed by atoms with E-state index in [9.17, 15) is 4.79 Å². The molecule has 0 spiro atoms. The van der Waals surface area contributed by atoms with Gasteiger partial charge >= 0.3 is 6.09 Å². The molecular weight excluding hydrogens is 306 g/mol. The molecule has 0 aliphatic heterocycles. The maximum absolute atomic E-state index is 11.8. The summed E-state index contributed by atoms with van der Waals surface area (Å²) in [6.45, 7) is 9.65. The number of carbonyl (C=O) groups is 1. The summed E-state index contributed by atoms with van der Waals surface area (Å²) in [5.41, 5.74) is 2.53. The fourth-order valence-electron chi connectivity index (χ4n) is 1.58. The number of nitrogens with one attached hydrogen (secondary N) is 1. The second-order valence-corrected chi connectivity index (χ2v) is 6.40. The number of benzene rings is 1. The molecule has 0 aliphatic rings. The van der Waals surface area contributed by atoms with Crippen LogP contribution in [-0.2, 0) is 4.74 Å². The Hall–Kier alpha value is -1.03. The lowest BCUT2D eigenvalue weighted by atomic mass is 10.0. The molecule has 0 heterocycles. The minimum absolute atomic E-state index is 0.403. The summed E-state index contributed by atoms with van der Waals surface area (Å²) in [6, 6.07) is 6.11. The molecule has 0 fully saturated rings. The zero-order chi connectivity index (χ0) is 14.6. The van der Waals surface area contributed by atoms with E-state index >= 15 is 0 Å². The standard InChI is InChI=1S/C15H22BrNO2/c1-10-6-7-12(11(2)9-16)8-13(10)17-14(18)19-15(3,4)5/h6-8,11H,9H2,1-5H3,(H,17,18). The van der Waals surface area contributed by atoms with Crippen molar-refractivity contribution in [2.45, 2.75) is 46.1 Å². The predicted octanol–water partition coefficient (Wildman–Crippen LogP) is 4.84. The van der Waals surface area contributed by atoms with Crippen LogP contribution in [-0.4, -0.2) is 17.0 Å². The van der Waals surface area contributed by atoms with Crippen LogP contribution in [0.1, 0.15) is 44.7 Å². The molecule has 1 unspecified atom stereocenters. The minimum atomic E-state index is -0.487. The van der Waals surface area contributed by atoms with Crippen LogP contribution in [0.2, 0.25) is 0 Å². The van der Waals surface area contributed by atoms with Crippen molar-refractivity contribution in [2.75, 3.05) is 10.6 Å². The monoisotopic (exact) mass is 327 g/mol. The summed E-state index contributed by atoms with van der Waals surface area (Å²) >= 11 is 3.47. The lowest BCUT2D eigenvalue weighted by Gasteiger charge is -2.20. The summed E-state index contributed by atoms with van der Waals surface area (Å²) in [7, 11) is 0. The number of hydrogen-bond acceptors (Lipinski definition) is 2. The van der Waals surface area contributed by atoms with Crippen molar-refractivity contribution >= 4 is 27.7 Å². The smallest absolute Gasteiger partial charge is 0.412 e. The van der Waals surface area contributed by atoms with E-state index in [1.54, 1.807) is 0 Å². The van der Waals surface area contributed by atoms with E-state index in [0.29, 0.717) is 5.92 Å². The number of anilines is 1. The minimum Gasteiger partial charge on any atom is -0.444 e. The Morgan fingerprint density at radius 1 is 1.42 bits per heavy atom. The van der Waals surface area contributed by atoms with Crippen molar-refractivity contribution in [1.29, 1.82) is 0 Å². The number of halogens is 1. The van der Waals surface area contributed by atoms with Gasteiger partial charge in [-0.25, -0.2) is 4.79 Å². The van der Waals surface area contributed by atoms with Crippen LogP contribution < -0.4 is 5.32 Å². The summed E-state index contributed by atoms with van der Waals surface area (Å²) in [5.74, 6) is 0.403. The molecule has 1 N–H and O–H groups in total. The molecule has 1 atom stereocenters. The SMILES string of the molecule is Cc1ccc(C(C)CBr)cc1NC(=O)OC(C)(C)C.